The summed E-state index contributed by atoms with van der Waals surface area (Å²) in [6.45, 7) is 0.0723. The van der Waals surface area contributed by atoms with Crippen LogP contribution in [0, 0.1) is 0 Å². The average molecular weight is 340 g/mol. The Balaban J connectivity index is 1.74. The van der Waals surface area contributed by atoms with Crippen LogP contribution in [0.4, 0.5) is 13.2 Å². The Bertz CT molecular complexity index is 697. The maximum Gasteiger partial charge on any atom is 0.416 e. The summed E-state index contributed by atoms with van der Waals surface area (Å²) in [5.41, 5.74) is -0.419. The fourth-order valence-electron chi connectivity index (χ4n) is 1.93. The van der Waals surface area contributed by atoms with Crippen molar-refractivity contribution >= 4 is 11.8 Å². The van der Waals surface area contributed by atoms with E-state index in [1.807, 2.05) is 0 Å². The molecule has 2 rings (SSSR count). The predicted octanol–water partition coefficient (Wildman–Crippen LogP) is 2.73. The third-order valence-electron chi connectivity index (χ3n) is 3.13. The molecule has 0 fully saturated rings. The molecule has 1 aromatic carbocycles. The van der Waals surface area contributed by atoms with Crippen LogP contribution in [0.2, 0.25) is 0 Å². The lowest BCUT2D eigenvalue weighted by molar-refractivity contribution is -0.137. The molecule has 0 bridgehead atoms. The van der Waals surface area contributed by atoms with Gasteiger partial charge in [0.15, 0.2) is 5.76 Å². The number of halogens is 3. The van der Waals surface area contributed by atoms with E-state index < -0.39 is 17.6 Å². The zero-order valence-corrected chi connectivity index (χ0v) is 12.5. The maximum absolute atomic E-state index is 12.6. The molecule has 2 amide bonds. The molecule has 2 aromatic rings. The van der Waals surface area contributed by atoms with Crippen molar-refractivity contribution in [3.8, 4) is 0 Å². The van der Waals surface area contributed by atoms with Crippen LogP contribution < -0.4 is 10.6 Å². The second-order valence-corrected chi connectivity index (χ2v) is 4.96. The molecule has 5 nitrogen and oxygen atoms in total. The molecule has 2 N–H and O–H groups in total. The van der Waals surface area contributed by atoms with Crippen molar-refractivity contribution in [2.24, 2.45) is 0 Å². The second kappa shape index (κ2) is 7.67. The highest BCUT2D eigenvalue weighted by atomic mass is 19.4. The number of furan rings is 1. The minimum Gasteiger partial charge on any atom is -0.459 e. The Morgan fingerprint density at radius 2 is 1.88 bits per heavy atom. The fraction of sp³-hybridized carbons (Fsp3) is 0.250. The zero-order chi connectivity index (χ0) is 17.6. The van der Waals surface area contributed by atoms with Crippen LogP contribution in [-0.4, -0.2) is 18.4 Å². The van der Waals surface area contributed by atoms with Gasteiger partial charge in [0.1, 0.15) is 0 Å². The number of amides is 2. The summed E-state index contributed by atoms with van der Waals surface area (Å²) in [6, 6.07) is 7.79. The van der Waals surface area contributed by atoms with E-state index in [-0.39, 0.29) is 31.2 Å². The lowest BCUT2D eigenvalue weighted by Crippen LogP contribution is -2.30. The average Bonchev–Trinajstić information content (AvgIpc) is 3.07. The summed E-state index contributed by atoms with van der Waals surface area (Å²) in [4.78, 5) is 23.2. The van der Waals surface area contributed by atoms with Gasteiger partial charge in [-0.1, -0.05) is 12.1 Å². The standard InChI is InChI=1S/C16H15F3N2O3/c17-16(18,19)12-4-1-3-11(9-12)10-21-14(22)6-7-20-15(23)13-5-2-8-24-13/h1-5,8-9H,6-7,10H2,(H,20,23)(H,21,22). The Labute approximate surface area is 135 Å². The normalized spacial score (nSPS) is 11.1. The van der Waals surface area contributed by atoms with Crippen LogP contribution in [-0.2, 0) is 17.5 Å². The van der Waals surface area contributed by atoms with Crippen molar-refractivity contribution in [1.29, 1.82) is 0 Å². The van der Waals surface area contributed by atoms with E-state index in [4.69, 9.17) is 4.42 Å². The Morgan fingerprint density at radius 1 is 1.08 bits per heavy atom. The van der Waals surface area contributed by atoms with Crippen molar-refractivity contribution < 1.29 is 27.2 Å². The third kappa shape index (κ3) is 5.15. The number of carbonyl (C=O) groups excluding carboxylic acids is 2. The van der Waals surface area contributed by atoms with Gasteiger partial charge in [-0.25, -0.2) is 0 Å². The van der Waals surface area contributed by atoms with E-state index >= 15 is 0 Å². The predicted molar refractivity (Wildman–Crippen MR) is 78.9 cm³/mol. The van der Waals surface area contributed by atoms with Crippen molar-refractivity contribution in [1.82, 2.24) is 10.6 Å². The van der Waals surface area contributed by atoms with E-state index in [1.54, 1.807) is 6.07 Å². The summed E-state index contributed by atoms with van der Waals surface area (Å²) in [7, 11) is 0. The number of carbonyl (C=O) groups is 2. The van der Waals surface area contributed by atoms with Gasteiger partial charge >= 0.3 is 6.18 Å². The molecule has 0 aliphatic carbocycles. The first-order chi connectivity index (χ1) is 11.4. The van der Waals surface area contributed by atoms with Crippen molar-refractivity contribution in [3.63, 3.8) is 0 Å². The van der Waals surface area contributed by atoms with Crippen LogP contribution in [0.1, 0.15) is 28.1 Å². The molecule has 0 radical (unpaired) electrons. The highest BCUT2D eigenvalue weighted by Crippen LogP contribution is 2.29. The maximum atomic E-state index is 12.6. The zero-order valence-electron chi connectivity index (χ0n) is 12.5. The highest BCUT2D eigenvalue weighted by Gasteiger charge is 2.30. The van der Waals surface area contributed by atoms with Gasteiger partial charge in [0.25, 0.3) is 5.91 Å². The number of nitrogens with one attached hydrogen (secondary N) is 2. The Kier molecular flexibility index (Phi) is 5.62. The summed E-state index contributed by atoms with van der Waals surface area (Å²) >= 11 is 0. The van der Waals surface area contributed by atoms with E-state index in [9.17, 15) is 22.8 Å². The summed E-state index contributed by atoms with van der Waals surface area (Å²) in [6.07, 6.45) is -3.06. The van der Waals surface area contributed by atoms with Crippen molar-refractivity contribution in [2.45, 2.75) is 19.1 Å². The minimum atomic E-state index is -4.42. The topological polar surface area (TPSA) is 71.3 Å². The quantitative estimate of drug-likeness (QED) is 0.849. The van der Waals surface area contributed by atoms with E-state index in [0.29, 0.717) is 5.56 Å². The molecular weight excluding hydrogens is 325 g/mol. The van der Waals surface area contributed by atoms with Crippen LogP contribution in [0.5, 0.6) is 0 Å². The molecule has 24 heavy (non-hydrogen) atoms. The first-order valence-corrected chi connectivity index (χ1v) is 7.11. The van der Waals surface area contributed by atoms with Crippen molar-refractivity contribution in [3.05, 3.63) is 59.5 Å². The highest BCUT2D eigenvalue weighted by molar-refractivity contribution is 5.91. The smallest absolute Gasteiger partial charge is 0.416 e. The van der Waals surface area contributed by atoms with Gasteiger partial charge in [-0.05, 0) is 29.8 Å². The van der Waals surface area contributed by atoms with Gasteiger partial charge in [0.2, 0.25) is 5.91 Å². The number of alkyl halides is 3. The summed E-state index contributed by atoms with van der Waals surface area (Å²) in [5, 5.41) is 5.01. The van der Waals surface area contributed by atoms with Gasteiger partial charge in [0.05, 0.1) is 11.8 Å². The monoisotopic (exact) mass is 340 g/mol. The molecule has 1 heterocycles. The van der Waals surface area contributed by atoms with Gasteiger partial charge in [-0.2, -0.15) is 13.2 Å². The molecule has 0 saturated carbocycles. The molecule has 0 atom stereocenters. The molecule has 0 aliphatic rings. The van der Waals surface area contributed by atoms with Crippen LogP contribution in [0.25, 0.3) is 0 Å². The molecule has 8 heteroatoms. The lowest BCUT2D eigenvalue weighted by atomic mass is 10.1. The van der Waals surface area contributed by atoms with E-state index in [2.05, 4.69) is 10.6 Å². The minimum absolute atomic E-state index is 0.00537. The fourth-order valence-corrected chi connectivity index (χ4v) is 1.93. The van der Waals surface area contributed by atoms with Gasteiger partial charge in [0, 0.05) is 19.5 Å². The first-order valence-electron chi connectivity index (χ1n) is 7.11. The Morgan fingerprint density at radius 3 is 2.54 bits per heavy atom. The molecule has 0 unspecified atom stereocenters. The summed E-state index contributed by atoms with van der Waals surface area (Å²) < 4.78 is 42.7. The molecule has 0 saturated heterocycles. The third-order valence-corrected chi connectivity index (χ3v) is 3.13. The molecule has 1 aromatic heterocycles. The number of hydrogen-bond donors (Lipinski definition) is 2. The van der Waals surface area contributed by atoms with Gasteiger partial charge in [-0.15, -0.1) is 0 Å². The largest absolute Gasteiger partial charge is 0.459 e. The van der Waals surface area contributed by atoms with Gasteiger partial charge < -0.3 is 15.1 Å². The number of hydrogen-bond acceptors (Lipinski definition) is 3. The summed E-state index contributed by atoms with van der Waals surface area (Å²) in [5.74, 6) is -0.683. The SMILES string of the molecule is O=C(CCNC(=O)c1ccco1)NCc1cccc(C(F)(F)F)c1. The molecule has 0 aliphatic heterocycles. The first kappa shape index (κ1) is 17.6. The molecule has 128 valence electrons. The molecule has 0 spiro atoms. The number of benzene rings is 1. The van der Waals surface area contributed by atoms with E-state index in [0.717, 1.165) is 12.1 Å². The van der Waals surface area contributed by atoms with Crippen LogP contribution in [0.3, 0.4) is 0 Å². The van der Waals surface area contributed by atoms with Gasteiger partial charge in [-0.3, -0.25) is 9.59 Å². The lowest BCUT2D eigenvalue weighted by Gasteiger charge is -2.10. The second-order valence-electron chi connectivity index (χ2n) is 4.96. The van der Waals surface area contributed by atoms with E-state index in [1.165, 1.54) is 24.5 Å². The molecular formula is C16H15F3N2O3. The van der Waals surface area contributed by atoms with Crippen molar-refractivity contribution in [2.75, 3.05) is 6.54 Å². The Hall–Kier alpha value is -2.77. The van der Waals surface area contributed by atoms with Crippen LogP contribution in [0.15, 0.2) is 47.1 Å². The van der Waals surface area contributed by atoms with Crippen LogP contribution >= 0.6 is 0 Å². The number of rotatable bonds is 6.